The van der Waals surface area contributed by atoms with Crippen LogP contribution in [0.3, 0.4) is 0 Å². The Hall–Kier alpha value is -1.79. The molecule has 144 valence electrons. The average molecular weight is 411 g/mol. The lowest BCUT2D eigenvalue weighted by atomic mass is 9.95. The first-order valence-electron chi connectivity index (χ1n) is 9.01. The number of anilines is 1. The fourth-order valence-corrected chi connectivity index (χ4v) is 4.61. The molecule has 3 aliphatic rings. The molecule has 27 heavy (non-hydrogen) atoms. The van der Waals surface area contributed by atoms with Crippen LogP contribution in [-0.2, 0) is 14.3 Å². The van der Waals surface area contributed by atoms with Crippen LogP contribution in [0, 0.1) is 5.92 Å². The van der Waals surface area contributed by atoms with E-state index in [1.54, 1.807) is 24.3 Å². The standard InChI is InChI=1S/C19H20Cl2N2O4/c1-11(2)22-16(25)13-5-3-4-6-14(13)23-15(24)7-8-19(22,23)17(26)27-10-12-9-18(12,20)21/h3-6,11-12H,7-10H2,1-2H3/t12-,19+/m1/s1. The van der Waals surface area contributed by atoms with E-state index >= 15 is 0 Å². The predicted molar refractivity (Wildman–Crippen MR) is 101 cm³/mol. The van der Waals surface area contributed by atoms with Gasteiger partial charge in [0.2, 0.25) is 11.6 Å². The Balaban J connectivity index is 1.76. The van der Waals surface area contributed by atoms with E-state index in [0.29, 0.717) is 17.7 Å². The highest BCUT2D eigenvalue weighted by Gasteiger charge is 2.63. The van der Waals surface area contributed by atoms with Crippen molar-refractivity contribution in [3.8, 4) is 0 Å². The first kappa shape index (κ1) is 18.6. The molecule has 1 aromatic carbocycles. The number of fused-ring (bicyclic) bond motifs is 3. The summed E-state index contributed by atoms with van der Waals surface area (Å²) in [6, 6.07) is 6.56. The molecule has 0 aromatic heterocycles. The lowest BCUT2D eigenvalue weighted by Crippen LogP contribution is -2.70. The normalized spacial score (nSPS) is 28.3. The number of hydrogen-bond acceptors (Lipinski definition) is 4. The number of hydrogen-bond donors (Lipinski definition) is 0. The molecule has 0 unspecified atom stereocenters. The Bertz CT molecular complexity index is 841. The number of ether oxygens (including phenoxy) is 1. The van der Waals surface area contributed by atoms with Crippen molar-refractivity contribution in [3.05, 3.63) is 29.8 Å². The molecular formula is C19H20Cl2N2O4. The zero-order valence-corrected chi connectivity index (χ0v) is 16.6. The summed E-state index contributed by atoms with van der Waals surface area (Å²) >= 11 is 12.0. The van der Waals surface area contributed by atoms with E-state index in [-0.39, 0.29) is 43.2 Å². The van der Waals surface area contributed by atoms with Gasteiger partial charge in [0.15, 0.2) is 0 Å². The van der Waals surface area contributed by atoms with Crippen molar-refractivity contribution in [1.82, 2.24) is 4.90 Å². The molecule has 4 rings (SSSR count). The van der Waals surface area contributed by atoms with Gasteiger partial charge in [-0.2, -0.15) is 0 Å². The van der Waals surface area contributed by atoms with Gasteiger partial charge in [-0.05, 0) is 32.4 Å². The van der Waals surface area contributed by atoms with E-state index in [0.717, 1.165) is 0 Å². The van der Waals surface area contributed by atoms with Crippen LogP contribution >= 0.6 is 23.2 Å². The highest BCUT2D eigenvalue weighted by molar-refractivity contribution is 6.50. The van der Waals surface area contributed by atoms with Crippen molar-refractivity contribution in [2.24, 2.45) is 5.92 Å². The number of amides is 2. The summed E-state index contributed by atoms with van der Waals surface area (Å²) in [6.07, 6.45) is 0.910. The van der Waals surface area contributed by atoms with Crippen molar-refractivity contribution in [2.45, 2.75) is 49.1 Å². The van der Waals surface area contributed by atoms with Crippen LogP contribution in [0.5, 0.6) is 0 Å². The first-order valence-corrected chi connectivity index (χ1v) is 9.76. The fourth-order valence-electron chi connectivity index (χ4n) is 4.12. The molecule has 1 saturated heterocycles. The monoisotopic (exact) mass is 410 g/mol. The van der Waals surface area contributed by atoms with Gasteiger partial charge in [-0.1, -0.05) is 12.1 Å². The molecule has 2 aliphatic heterocycles. The van der Waals surface area contributed by atoms with Crippen molar-refractivity contribution < 1.29 is 19.1 Å². The second-order valence-corrected chi connectivity index (χ2v) is 9.13. The van der Waals surface area contributed by atoms with E-state index in [2.05, 4.69) is 0 Å². The summed E-state index contributed by atoms with van der Waals surface area (Å²) in [5.74, 6) is -1.22. The quantitative estimate of drug-likeness (QED) is 0.564. The van der Waals surface area contributed by atoms with Gasteiger partial charge in [-0.15, -0.1) is 23.2 Å². The number of benzene rings is 1. The molecule has 8 heteroatoms. The Kier molecular flexibility index (Phi) is 4.20. The maximum Gasteiger partial charge on any atom is 0.353 e. The number of para-hydroxylation sites is 1. The van der Waals surface area contributed by atoms with E-state index in [1.807, 2.05) is 13.8 Å². The van der Waals surface area contributed by atoms with E-state index in [4.69, 9.17) is 27.9 Å². The average Bonchev–Trinajstić information content (AvgIpc) is 3.07. The molecular weight excluding hydrogens is 391 g/mol. The molecule has 1 aliphatic carbocycles. The topological polar surface area (TPSA) is 66.9 Å². The van der Waals surface area contributed by atoms with Gasteiger partial charge in [0.1, 0.15) is 4.33 Å². The summed E-state index contributed by atoms with van der Waals surface area (Å²) in [7, 11) is 0. The summed E-state index contributed by atoms with van der Waals surface area (Å²) in [5.41, 5.74) is -0.603. The van der Waals surface area contributed by atoms with E-state index in [1.165, 1.54) is 9.80 Å². The van der Waals surface area contributed by atoms with Gasteiger partial charge in [0, 0.05) is 24.8 Å². The summed E-state index contributed by atoms with van der Waals surface area (Å²) < 4.78 is 4.68. The van der Waals surface area contributed by atoms with Crippen molar-refractivity contribution in [1.29, 1.82) is 0 Å². The maximum absolute atomic E-state index is 13.3. The second-order valence-electron chi connectivity index (χ2n) is 7.59. The first-order chi connectivity index (χ1) is 12.7. The number of alkyl halides is 2. The molecule has 0 radical (unpaired) electrons. The second kappa shape index (κ2) is 6.11. The molecule has 1 saturated carbocycles. The number of nitrogens with zero attached hydrogens (tertiary/aromatic N) is 2. The number of esters is 1. The summed E-state index contributed by atoms with van der Waals surface area (Å²) in [4.78, 5) is 42.1. The highest BCUT2D eigenvalue weighted by atomic mass is 35.5. The van der Waals surface area contributed by atoms with Crippen LogP contribution in [0.4, 0.5) is 5.69 Å². The van der Waals surface area contributed by atoms with Crippen LogP contribution in [0.2, 0.25) is 0 Å². The Morgan fingerprint density at radius 3 is 2.59 bits per heavy atom. The Labute approximate surface area is 167 Å². The molecule has 0 bridgehead atoms. The minimum atomic E-state index is -1.47. The summed E-state index contributed by atoms with van der Waals surface area (Å²) in [5, 5.41) is 0. The molecule has 1 aromatic rings. The van der Waals surface area contributed by atoms with Crippen molar-refractivity contribution in [2.75, 3.05) is 11.5 Å². The van der Waals surface area contributed by atoms with E-state index in [9.17, 15) is 14.4 Å². The van der Waals surface area contributed by atoms with Crippen LogP contribution in [0.1, 0.15) is 43.5 Å². The maximum atomic E-state index is 13.3. The molecule has 0 spiro atoms. The molecule has 2 fully saturated rings. The van der Waals surface area contributed by atoms with Crippen molar-refractivity contribution in [3.63, 3.8) is 0 Å². The smallest absolute Gasteiger partial charge is 0.353 e. The number of rotatable bonds is 4. The van der Waals surface area contributed by atoms with Gasteiger partial charge in [-0.25, -0.2) is 4.79 Å². The minimum absolute atomic E-state index is 0.0669. The van der Waals surface area contributed by atoms with Gasteiger partial charge < -0.3 is 9.64 Å². The minimum Gasteiger partial charge on any atom is -0.462 e. The molecule has 2 atom stereocenters. The zero-order chi connectivity index (χ0) is 19.6. The van der Waals surface area contributed by atoms with Crippen LogP contribution in [-0.4, -0.2) is 45.3 Å². The Morgan fingerprint density at radius 1 is 1.30 bits per heavy atom. The molecule has 0 N–H and O–H groups in total. The third kappa shape index (κ3) is 2.64. The van der Waals surface area contributed by atoms with Crippen LogP contribution < -0.4 is 4.90 Å². The van der Waals surface area contributed by atoms with E-state index < -0.39 is 16.0 Å². The SMILES string of the molecule is CC(C)N1C(=O)c2ccccc2N2C(=O)CC[C@@]21C(=O)OC[C@H]1CC1(Cl)Cl. The van der Waals surface area contributed by atoms with Gasteiger partial charge in [0.05, 0.1) is 17.9 Å². The predicted octanol–water partition coefficient (Wildman–Crippen LogP) is 3.11. The number of halogens is 2. The zero-order valence-electron chi connectivity index (χ0n) is 15.1. The third-order valence-electron chi connectivity index (χ3n) is 5.51. The molecule has 2 amide bonds. The molecule has 2 heterocycles. The lowest BCUT2D eigenvalue weighted by Gasteiger charge is -2.50. The summed E-state index contributed by atoms with van der Waals surface area (Å²) in [6.45, 7) is 3.72. The highest BCUT2D eigenvalue weighted by Crippen LogP contribution is 2.53. The van der Waals surface area contributed by atoms with Gasteiger partial charge in [0.25, 0.3) is 5.91 Å². The number of carbonyl (C=O) groups is 3. The molecule has 6 nitrogen and oxygen atoms in total. The fraction of sp³-hybridized carbons (Fsp3) is 0.526. The number of carbonyl (C=O) groups excluding carboxylic acids is 3. The van der Waals surface area contributed by atoms with Crippen molar-refractivity contribution >= 4 is 46.7 Å². The van der Waals surface area contributed by atoms with Crippen LogP contribution in [0.15, 0.2) is 24.3 Å². The van der Waals surface area contributed by atoms with Gasteiger partial charge in [-0.3, -0.25) is 14.5 Å². The lowest BCUT2D eigenvalue weighted by molar-refractivity contribution is -0.158. The Morgan fingerprint density at radius 2 is 1.96 bits per heavy atom. The van der Waals surface area contributed by atoms with Gasteiger partial charge >= 0.3 is 5.97 Å². The third-order valence-corrected chi connectivity index (χ3v) is 6.44. The largest absolute Gasteiger partial charge is 0.462 e. The van der Waals surface area contributed by atoms with Crippen LogP contribution in [0.25, 0.3) is 0 Å².